The molecule has 1 atom stereocenters. The summed E-state index contributed by atoms with van der Waals surface area (Å²) in [7, 11) is 0. The Bertz CT molecular complexity index is 804. The summed E-state index contributed by atoms with van der Waals surface area (Å²) in [5.41, 5.74) is 3.31. The summed E-state index contributed by atoms with van der Waals surface area (Å²) in [6, 6.07) is 19.5. The zero-order chi connectivity index (χ0) is 17.6. The molecule has 0 bridgehead atoms. The number of hydrogen-bond acceptors (Lipinski definition) is 3. The number of rotatable bonds is 6. The van der Waals surface area contributed by atoms with E-state index in [4.69, 9.17) is 5.11 Å². The van der Waals surface area contributed by atoms with Crippen LogP contribution in [0.25, 0.3) is 0 Å². The van der Waals surface area contributed by atoms with E-state index >= 15 is 0 Å². The minimum Gasteiger partial charge on any atom is -0.478 e. The minimum atomic E-state index is -0.931. The highest BCUT2D eigenvalue weighted by Crippen LogP contribution is 2.30. The molecule has 0 aromatic heterocycles. The summed E-state index contributed by atoms with van der Waals surface area (Å²) in [6.07, 6.45) is 4.92. The van der Waals surface area contributed by atoms with Gasteiger partial charge in [-0.3, -0.25) is 0 Å². The number of nitrogens with zero attached hydrogens (tertiary/aromatic N) is 2. The van der Waals surface area contributed by atoms with E-state index in [9.17, 15) is 10.1 Å². The van der Waals surface area contributed by atoms with Crippen LogP contribution in [0.5, 0.6) is 0 Å². The third kappa shape index (κ3) is 4.07. The van der Waals surface area contributed by atoms with Crippen molar-refractivity contribution in [1.29, 1.82) is 5.26 Å². The van der Waals surface area contributed by atoms with Gasteiger partial charge in [-0.1, -0.05) is 30.3 Å². The van der Waals surface area contributed by atoms with Crippen LogP contribution in [0.1, 0.15) is 28.8 Å². The standard InChI is InChI=1S/C21H20N2O2/c22-13-19-15-23(20-11-9-17(10-12-20)21(24)25)14-18(19)8-4-7-16-5-2-1-3-6-16/h1-3,5-6,9-12,15,18H,4,7-8,14H2,(H,24,25). The molecule has 1 unspecified atom stereocenters. The summed E-state index contributed by atoms with van der Waals surface area (Å²) < 4.78 is 0. The van der Waals surface area contributed by atoms with Crippen molar-refractivity contribution < 1.29 is 9.90 Å². The maximum absolute atomic E-state index is 11.0. The van der Waals surface area contributed by atoms with E-state index in [0.29, 0.717) is 0 Å². The highest BCUT2D eigenvalue weighted by molar-refractivity contribution is 5.88. The average Bonchev–Trinajstić information content (AvgIpc) is 3.06. The first-order valence-corrected chi connectivity index (χ1v) is 8.43. The molecule has 0 amide bonds. The molecule has 2 aromatic rings. The first kappa shape index (κ1) is 16.8. The van der Waals surface area contributed by atoms with Gasteiger partial charge in [0.15, 0.2) is 0 Å². The largest absolute Gasteiger partial charge is 0.478 e. The Balaban J connectivity index is 1.61. The van der Waals surface area contributed by atoms with Crippen molar-refractivity contribution >= 4 is 11.7 Å². The van der Waals surface area contributed by atoms with Gasteiger partial charge in [-0.15, -0.1) is 0 Å². The SMILES string of the molecule is N#CC1=CN(c2ccc(C(=O)O)cc2)CC1CCCc1ccccc1. The lowest BCUT2D eigenvalue weighted by Crippen LogP contribution is -2.18. The van der Waals surface area contributed by atoms with Crippen molar-refractivity contribution in [1.82, 2.24) is 0 Å². The number of carboxylic acid groups (broad SMARTS) is 1. The molecule has 126 valence electrons. The zero-order valence-corrected chi connectivity index (χ0v) is 13.9. The van der Waals surface area contributed by atoms with Gasteiger partial charge in [-0.25, -0.2) is 4.79 Å². The van der Waals surface area contributed by atoms with Gasteiger partial charge in [0.05, 0.1) is 17.2 Å². The van der Waals surface area contributed by atoms with E-state index in [-0.39, 0.29) is 11.5 Å². The van der Waals surface area contributed by atoms with Crippen LogP contribution in [0.3, 0.4) is 0 Å². The molecule has 0 saturated heterocycles. The van der Waals surface area contributed by atoms with Crippen LogP contribution in [0, 0.1) is 17.2 Å². The highest BCUT2D eigenvalue weighted by Gasteiger charge is 2.25. The van der Waals surface area contributed by atoms with E-state index in [0.717, 1.165) is 37.1 Å². The molecule has 0 fully saturated rings. The van der Waals surface area contributed by atoms with E-state index < -0.39 is 5.97 Å². The smallest absolute Gasteiger partial charge is 0.335 e. The fourth-order valence-corrected chi connectivity index (χ4v) is 3.20. The summed E-state index contributed by atoms with van der Waals surface area (Å²) in [6.45, 7) is 0.768. The van der Waals surface area contributed by atoms with Crippen LogP contribution < -0.4 is 4.90 Å². The van der Waals surface area contributed by atoms with Gasteiger partial charge in [0, 0.05) is 24.4 Å². The monoisotopic (exact) mass is 332 g/mol. The van der Waals surface area contributed by atoms with Gasteiger partial charge in [-0.05, 0) is 49.1 Å². The van der Waals surface area contributed by atoms with Crippen LogP contribution in [-0.4, -0.2) is 17.6 Å². The van der Waals surface area contributed by atoms with Crippen LogP contribution in [-0.2, 0) is 6.42 Å². The lowest BCUT2D eigenvalue weighted by molar-refractivity contribution is 0.0697. The first-order chi connectivity index (χ1) is 12.2. The number of anilines is 1. The molecule has 0 saturated carbocycles. The second-order valence-corrected chi connectivity index (χ2v) is 6.28. The van der Waals surface area contributed by atoms with E-state index in [2.05, 4.69) is 18.2 Å². The molecule has 1 heterocycles. The second kappa shape index (κ2) is 7.67. The Hall–Kier alpha value is -3.06. The molecule has 4 nitrogen and oxygen atoms in total. The third-order valence-electron chi connectivity index (χ3n) is 4.59. The van der Waals surface area contributed by atoms with Crippen molar-refractivity contribution in [2.24, 2.45) is 5.92 Å². The highest BCUT2D eigenvalue weighted by atomic mass is 16.4. The number of aryl methyl sites for hydroxylation is 1. The predicted molar refractivity (Wildman–Crippen MR) is 97.3 cm³/mol. The molecule has 25 heavy (non-hydrogen) atoms. The van der Waals surface area contributed by atoms with E-state index in [1.165, 1.54) is 5.56 Å². The van der Waals surface area contributed by atoms with Crippen molar-refractivity contribution in [3.05, 3.63) is 77.5 Å². The molecule has 1 aliphatic rings. The maximum Gasteiger partial charge on any atom is 0.335 e. The Kier molecular flexibility index (Phi) is 5.15. The molecule has 4 heteroatoms. The zero-order valence-electron chi connectivity index (χ0n) is 13.9. The molecule has 1 aliphatic heterocycles. The quantitative estimate of drug-likeness (QED) is 0.859. The molecule has 2 aromatic carbocycles. The molecular weight excluding hydrogens is 312 g/mol. The van der Waals surface area contributed by atoms with Crippen LogP contribution in [0.15, 0.2) is 66.4 Å². The van der Waals surface area contributed by atoms with Gasteiger partial charge in [-0.2, -0.15) is 5.26 Å². The fraction of sp³-hybridized carbons (Fsp3) is 0.238. The van der Waals surface area contributed by atoms with Crippen molar-refractivity contribution in [2.75, 3.05) is 11.4 Å². The number of benzene rings is 2. The predicted octanol–water partition coefficient (Wildman–Crippen LogP) is 4.25. The number of hydrogen-bond donors (Lipinski definition) is 1. The molecule has 0 spiro atoms. The van der Waals surface area contributed by atoms with Crippen molar-refractivity contribution in [2.45, 2.75) is 19.3 Å². The molecular formula is C21H20N2O2. The first-order valence-electron chi connectivity index (χ1n) is 8.43. The summed E-state index contributed by atoms with van der Waals surface area (Å²) in [4.78, 5) is 13.0. The van der Waals surface area contributed by atoms with Crippen LogP contribution in [0.2, 0.25) is 0 Å². The second-order valence-electron chi connectivity index (χ2n) is 6.28. The number of nitriles is 1. The maximum atomic E-state index is 11.0. The number of carbonyl (C=O) groups is 1. The summed E-state index contributed by atoms with van der Waals surface area (Å²) in [5.74, 6) is -0.701. The summed E-state index contributed by atoms with van der Waals surface area (Å²) >= 11 is 0. The van der Waals surface area contributed by atoms with Gasteiger partial charge >= 0.3 is 5.97 Å². The third-order valence-corrected chi connectivity index (χ3v) is 4.59. The Morgan fingerprint density at radius 3 is 2.52 bits per heavy atom. The number of aromatic carboxylic acids is 1. The summed E-state index contributed by atoms with van der Waals surface area (Å²) in [5, 5.41) is 18.4. The van der Waals surface area contributed by atoms with E-state index in [1.54, 1.807) is 24.3 Å². The molecule has 0 aliphatic carbocycles. The average molecular weight is 332 g/mol. The molecule has 3 rings (SSSR count). The molecule has 1 N–H and O–H groups in total. The Labute approximate surface area is 147 Å². The fourth-order valence-electron chi connectivity index (χ4n) is 3.20. The van der Waals surface area contributed by atoms with Gasteiger partial charge in [0.2, 0.25) is 0 Å². The van der Waals surface area contributed by atoms with Crippen molar-refractivity contribution in [3.63, 3.8) is 0 Å². The van der Waals surface area contributed by atoms with Crippen molar-refractivity contribution in [3.8, 4) is 6.07 Å². The minimum absolute atomic E-state index is 0.230. The lowest BCUT2D eigenvalue weighted by atomic mass is 9.95. The van der Waals surface area contributed by atoms with Crippen LogP contribution in [0.4, 0.5) is 5.69 Å². The van der Waals surface area contributed by atoms with Crippen LogP contribution >= 0.6 is 0 Å². The Morgan fingerprint density at radius 2 is 1.88 bits per heavy atom. The normalized spacial score (nSPS) is 16.4. The van der Waals surface area contributed by atoms with Gasteiger partial charge in [0.1, 0.15) is 0 Å². The Morgan fingerprint density at radius 1 is 1.16 bits per heavy atom. The van der Waals surface area contributed by atoms with E-state index in [1.807, 2.05) is 29.3 Å². The topological polar surface area (TPSA) is 64.3 Å². The number of carboxylic acids is 1. The van der Waals surface area contributed by atoms with Gasteiger partial charge < -0.3 is 10.0 Å². The lowest BCUT2D eigenvalue weighted by Gasteiger charge is -2.18. The molecule has 0 radical (unpaired) electrons. The van der Waals surface area contributed by atoms with Gasteiger partial charge in [0.25, 0.3) is 0 Å².